The van der Waals surface area contributed by atoms with Crippen LogP contribution in [0.2, 0.25) is 0 Å². The van der Waals surface area contributed by atoms with Gasteiger partial charge in [-0.05, 0) is 25.1 Å². The molecule has 0 amide bonds. The molecule has 102 valence electrons. The van der Waals surface area contributed by atoms with E-state index in [1.54, 1.807) is 13.0 Å². The molecule has 5 heteroatoms. The second-order valence-electron chi connectivity index (χ2n) is 4.69. The fourth-order valence-electron chi connectivity index (χ4n) is 2.01. The molecule has 0 saturated heterocycles. The number of aromatic hydroxyl groups is 1. The third-order valence-electron chi connectivity index (χ3n) is 2.74. The zero-order valence-corrected chi connectivity index (χ0v) is 11.3. The number of nitrogens with one attached hydrogen (secondary N) is 1. The summed E-state index contributed by atoms with van der Waals surface area (Å²) in [6, 6.07) is 4.72. The number of rotatable bonds is 4. The highest BCUT2D eigenvalue weighted by molar-refractivity contribution is 6.04. The van der Waals surface area contributed by atoms with Crippen LogP contribution in [-0.2, 0) is 11.3 Å². The lowest BCUT2D eigenvalue weighted by Gasteiger charge is -2.06. The van der Waals surface area contributed by atoms with E-state index in [1.807, 2.05) is 14.1 Å². The Bertz CT molecular complexity index is 601. The highest BCUT2D eigenvalue weighted by Gasteiger charge is 2.23. The second-order valence-corrected chi connectivity index (χ2v) is 4.69. The topological polar surface area (TPSA) is 64.1 Å². The van der Waals surface area contributed by atoms with Crippen LogP contribution >= 0.6 is 0 Å². The summed E-state index contributed by atoms with van der Waals surface area (Å²) >= 11 is 0. The standard InChI is InChI=1S/C14H17NO4/c1-4-18-14(17)13-10-7-9(16)5-6-11(10)19-12(13)8-15(2)3/h5-7,16H,4,8H2,1-3H3/p+1. The number of fused-ring (bicyclic) bond motifs is 1. The maximum Gasteiger partial charge on any atom is 0.342 e. The van der Waals surface area contributed by atoms with Gasteiger partial charge in [0.05, 0.1) is 20.7 Å². The van der Waals surface area contributed by atoms with Crippen LogP contribution in [0.1, 0.15) is 23.0 Å². The fraction of sp³-hybridized carbons (Fsp3) is 0.357. The molecular weight excluding hydrogens is 246 g/mol. The van der Waals surface area contributed by atoms with E-state index in [0.29, 0.717) is 35.4 Å². The van der Waals surface area contributed by atoms with Gasteiger partial charge in [-0.1, -0.05) is 0 Å². The minimum absolute atomic E-state index is 0.0996. The number of phenolic OH excluding ortho intramolecular Hbond substituents is 1. The van der Waals surface area contributed by atoms with Crippen LogP contribution in [0.3, 0.4) is 0 Å². The first-order valence-electron chi connectivity index (χ1n) is 6.23. The van der Waals surface area contributed by atoms with Crippen molar-refractivity contribution in [2.75, 3.05) is 20.7 Å². The molecule has 2 rings (SSSR count). The summed E-state index contributed by atoms with van der Waals surface area (Å²) in [5.74, 6) is 0.268. The average Bonchev–Trinajstić information content (AvgIpc) is 2.65. The van der Waals surface area contributed by atoms with E-state index >= 15 is 0 Å². The Morgan fingerprint density at radius 3 is 2.79 bits per heavy atom. The summed E-state index contributed by atoms with van der Waals surface area (Å²) in [5, 5.41) is 10.2. The molecule has 0 aliphatic heterocycles. The number of phenols is 1. The molecule has 2 aromatic rings. The van der Waals surface area contributed by atoms with Crippen LogP contribution in [0, 0.1) is 0 Å². The lowest BCUT2D eigenvalue weighted by molar-refractivity contribution is -0.873. The number of hydrogen-bond acceptors (Lipinski definition) is 4. The van der Waals surface area contributed by atoms with Crippen molar-refractivity contribution in [1.82, 2.24) is 0 Å². The Hall–Kier alpha value is -2.01. The molecule has 0 unspecified atom stereocenters. The molecule has 0 aliphatic carbocycles. The van der Waals surface area contributed by atoms with Crippen LogP contribution in [0.5, 0.6) is 5.75 Å². The normalized spacial score (nSPS) is 11.2. The minimum Gasteiger partial charge on any atom is -0.508 e. The van der Waals surface area contributed by atoms with E-state index in [1.165, 1.54) is 12.1 Å². The molecule has 0 bridgehead atoms. The minimum atomic E-state index is -0.414. The molecule has 0 radical (unpaired) electrons. The average molecular weight is 264 g/mol. The summed E-state index contributed by atoms with van der Waals surface area (Å²) in [6.07, 6.45) is 0. The fourth-order valence-corrected chi connectivity index (χ4v) is 2.01. The molecule has 1 aromatic carbocycles. The van der Waals surface area contributed by atoms with Crippen molar-refractivity contribution in [3.63, 3.8) is 0 Å². The quantitative estimate of drug-likeness (QED) is 0.807. The molecule has 0 aliphatic rings. The van der Waals surface area contributed by atoms with Crippen LogP contribution in [-0.4, -0.2) is 31.8 Å². The molecule has 19 heavy (non-hydrogen) atoms. The summed E-state index contributed by atoms with van der Waals surface area (Å²) in [7, 11) is 3.94. The largest absolute Gasteiger partial charge is 0.508 e. The number of ether oxygens (including phenoxy) is 1. The van der Waals surface area contributed by atoms with Crippen molar-refractivity contribution < 1.29 is 24.0 Å². The monoisotopic (exact) mass is 264 g/mol. The number of esters is 1. The zero-order chi connectivity index (χ0) is 14.0. The molecule has 0 spiro atoms. The second kappa shape index (κ2) is 5.32. The number of hydrogen-bond donors (Lipinski definition) is 2. The first-order chi connectivity index (χ1) is 9.02. The van der Waals surface area contributed by atoms with Crippen molar-refractivity contribution in [2.24, 2.45) is 0 Å². The number of carbonyl (C=O) groups is 1. The van der Waals surface area contributed by atoms with Gasteiger partial charge >= 0.3 is 5.97 Å². The van der Waals surface area contributed by atoms with Gasteiger partial charge in [0, 0.05) is 5.39 Å². The lowest BCUT2D eigenvalue weighted by Crippen LogP contribution is -3.04. The van der Waals surface area contributed by atoms with Gasteiger partial charge in [0.25, 0.3) is 0 Å². The molecule has 0 atom stereocenters. The molecule has 2 N–H and O–H groups in total. The first-order valence-corrected chi connectivity index (χ1v) is 6.23. The van der Waals surface area contributed by atoms with Gasteiger partial charge in [0.1, 0.15) is 23.4 Å². The van der Waals surface area contributed by atoms with Gasteiger partial charge in [-0.25, -0.2) is 4.79 Å². The van der Waals surface area contributed by atoms with Crippen LogP contribution in [0.15, 0.2) is 22.6 Å². The highest BCUT2D eigenvalue weighted by atomic mass is 16.5. The first kappa shape index (κ1) is 13.4. The third-order valence-corrected chi connectivity index (χ3v) is 2.74. The molecule has 1 aromatic heterocycles. The zero-order valence-electron chi connectivity index (χ0n) is 11.3. The number of benzene rings is 1. The van der Waals surface area contributed by atoms with E-state index in [2.05, 4.69) is 0 Å². The van der Waals surface area contributed by atoms with Crippen LogP contribution < -0.4 is 4.90 Å². The molecule has 0 fully saturated rings. The van der Waals surface area contributed by atoms with Crippen molar-refractivity contribution in [3.8, 4) is 5.75 Å². The Kier molecular flexibility index (Phi) is 3.76. The smallest absolute Gasteiger partial charge is 0.342 e. The SMILES string of the molecule is CCOC(=O)c1c(C[NH+](C)C)oc2ccc(O)cc12. The third kappa shape index (κ3) is 2.71. The Morgan fingerprint density at radius 1 is 1.42 bits per heavy atom. The Labute approximate surface area is 111 Å². The van der Waals surface area contributed by atoms with E-state index < -0.39 is 5.97 Å². The Balaban J connectivity index is 2.59. The lowest BCUT2D eigenvalue weighted by atomic mass is 10.1. The van der Waals surface area contributed by atoms with Gasteiger partial charge in [-0.3, -0.25) is 0 Å². The molecule has 0 saturated carbocycles. The van der Waals surface area contributed by atoms with Gasteiger partial charge in [-0.2, -0.15) is 0 Å². The van der Waals surface area contributed by atoms with Gasteiger partial charge in [0.2, 0.25) is 0 Å². The Morgan fingerprint density at radius 2 is 2.16 bits per heavy atom. The van der Waals surface area contributed by atoms with E-state index in [-0.39, 0.29) is 5.75 Å². The summed E-state index contributed by atoms with van der Waals surface area (Å²) in [4.78, 5) is 13.2. The summed E-state index contributed by atoms with van der Waals surface area (Å²) < 4.78 is 10.8. The van der Waals surface area contributed by atoms with Gasteiger partial charge in [-0.15, -0.1) is 0 Å². The van der Waals surface area contributed by atoms with E-state index in [4.69, 9.17) is 9.15 Å². The number of furan rings is 1. The van der Waals surface area contributed by atoms with Crippen molar-refractivity contribution in [1.29, 1.82) is 0 Å². The maximum absolute atomic E-state index is 12.1. The number of quaternary nitrogens is 1. The van der Waals surface area contributed by atoms with Gasteiger partial charge in [0.15, 0.2) is 5.76 Å². The van der Waals surface area contributed by atoms with E-state index in [0.717, 1.165) is 4.90 Å². The molecular formula is C14H18NO4+. The summed E-state index contributed by atoms with van der Waals surface area (Å²) in [6.45, 7) is 2.64. The van der Waals surface area contributed by atoms with E-state index in [9.17, 15) is 9.90 Å². The van der Waals surface area contributed by atoms with Crippen LogP contribution in [0.4, 0.5) is 0 Å². The predicted octanol–water partition coefficient (Wildman–Crippen LogP) is 0.960. The molecule has 1 heterocycles. The van der Waals surface area contributed by atoms with Crippen molar-refractivity contribution in [2.45, 2.75) is 13.5 Å². The van der Waals surface area contributed by atoms with Crippen molar-refractivity contribution in [3.05, 3.63) is 29.5 Å². The van der Waals surface area contributed by atoms with Crippen LogP contribution in [0.25, 0.3) is 11.0 Å². The maximum atomic E-state index is 12.1. The summed E-state index contributed by atoms with van der Waals surface area (Å²) in [5.41, 5.74) is 0.992. The highest BCUT2D eigenvalue weighted by Crippen LogP contribution is 2.29. The van der Waals surface area contributed by atoms with Gasteiger partial charge < -0.3 is 19.2 Å². The number of carbonyl (C=O) groups excluding carboxylic acids is 1. The van der Waals surface area contributed by atoms with Crippen molar-refractivity contribution >= 4 is 16.9 Å². The predicted molar refractivity (Wildman–Crippen MR) is 70.4 cm³/mol. The molecule has 5 nitrogen and oxygen atoms in total.